The molecule has 1 amide bonds. The third-order valence-corrected chi connectivity index (χ3v) is 5.65. The molecule has 2 aromatic heterocycles. The molecule has 0 fully saturated rings. The first-order valence-electron chi connectivity index (χ1n) is 12.9. The van der Waals surface area contributed by atoms with Crippen LogP contribution < -0.4 is 10.1 Å². The molecule has 0 bridgehead atoms. The van der Waals surface area contributed by atoms with E-state index in [1.165, 1.54) is 24.4 Å². The molecular weight excluding hydrogens is 571 g/mol. The highest BCUT2D eigenvalue weighted by Crippen LogP contribution is 2.33. The summed E-state index contributed by atoms with van der Waals surface area (Å²) in [6, 6.07) is 5.81. The summed E-state index contributed by atoms with van der Waals surface area (Å²) in [5.74, 6) is -2.36. The monoisotopic (exact) mass is 596 g/mol. The number of benzene rings is 2. The number of amides is 1. The number of carbonyl (C=O) groups excluding carboxylic acids is 3. The lowest BCUT2D eigenvalue weighted by Crippen LogP contribution is -2.15. The Kier molecular flexibility index (Phi) is 9.39. The fraction of sp³-hybridized carbons (Fsp3) is 0.259. The molecule has 4 rings (SSSR count). The number of hydrogen-bond acceptors (Lipinski definition) is 12. The van der Waals surface area contributed by atoms with Gasteiger partial charge in [-0.25, -0.2) is 33.7 Å². The van der Waals surface area contributed by atoms with Gasteiger partial charge in [0.25, 0.3) is 5.69 Å². The van der Waals surface area contributed by atoms with E-state index in [2.05, 4.69) is 25.3 Å². The summed E-state index contributed by atoms with van der Waals surface area (Å²) in [5, 5.41) is 14.1. The normalized spacial score (nSPS) is 10.7. The van der Waals surface area contributed by atoms with Crippen LogP contribution in [0, 0.1) is 15.9 Å². The van der Waals surface area contributed by atoms with Crippen molar-refractivity contribution in [3.8, 4) is 17.3 Å². The Balaban J connectivity index is 1.56. The number of halogens is 1. The molecule has 4 aromatic rings. The number of anilines is 1. The zero-order valence-corrected chi connectivity index (χ0v) is 23.1. The highest BCUT2D eigenvalue weighted by Gasteiger charge is 2.24. The third-order valence-electron chi connectivity index (χ3n) is 5.65. The number of nitro benzene ring substituents is 1. The lowest BCUT2D eigenvalue weighted by atomic mass is 10.1. The maximum atomic E-state index is 14.2. The van der Waals surface area contributed by atoms with Gasteiger partial charge in [-0.3, -0.25) is 15.4 Å². The van der Waals surface area contributed by atoms with Crippen molar-refractivity contribution in [2.75, 3.05) is 25.1 Å². The van der Waals surface area contributed by atoms with Gasteiger partial charge >= 0.3 is 18.0 Å². The predicted molar refractivity (Wildman–Crippen MR) is 147 cm³/mol. The molecule has 0 radical (unpaired) electrons. The Hall–Kier alpha value is -5.67. The number of aromatic amines is 1. The molecule has 0 aliphatic heterocycles. The van der Waals surface area contributed by atoms with Crippen LogP contribution in [0.25, 0.3) is 22.4 Å². The van der Waals surface area contributed by atoms with Crippen LogP contribution in [0.3, 0.4) is 0 Å². The smallest absolute Gasteiger partial charge is 0.412 e. The summed E-state index contributed by atoms with van der Waals surface area (Å²) in [6.45, 7) is 4.91. The second kappa shape index (κ2) is 13.3. The van der Waals surface area contributed by atoms with Crippen LogP contribution in [0.2, 0.25) is 0 Å². The van der Waals surface area contributed by atoms with E-state index in [1.807, 2.05) is 0 Å². The minimum atomic E-state index is -1.04. The number of hydrogen-bond donors (Lipinski definition) is 2. The Bertz CT molecular complexity index is 1710. The van der Waals surface area contributed by atoms with Crippen molar-refractivity contribution in [2.45, 2.75) is 27.4 Å². The molecule has 15 nitrogen and oxygen atoms in total. The molecule has 0 atom stereocenters. The van der Waals surface area contributed by atoms with Crippen LogP contribution >= 0.6 is 0 Å². The van der Waals surface area contributed by atoms with Crippen molar-refractivity contribution >= 4 is 40.4 Å². The zero-order valence-electron chi connectivity index (χ0n) is 23.1. The Morgan fingerprint density at radius 2 is 1.70 bits per heavy atom. The van der Waals surface area contributed by atoms with Crippen LogP contribution in [0.5, 0.6) is 5.88 Å². The SMILES string of the molecule is CCOC(=O)c1ccc(F)c(NC(=O)OCc2cnc(-c3cc4nc(C(=O)OCC)c(OCC)nc4cc3[N+](=O)[O-])[nH]2)c1. The summed E-state index contributed by atoms with van der Waals surface area (Å²) in [5.41, 5.74) is -0.356. The number of imidazole rings is 1. The first kappa shape index (κ1) is 30.3. The van der Waals surface area contributed by atoms with Gasteiger partial charge in [0.05, 0.1) is 64.5 Å². The number of aromatic nitrogens is 4. The number of nitro groups is 1. The molecule has 0 saturated heterocycles. The summed E-state index contributed by atoms with van der Waals surface area (Å²) < 4.78 is 34.6. The lowest BCUT2D eigenvalue weighted by molar-refractivity contribution is -0.384. The Morgan fingerprint density at radius 1 is 0.977 bits per heavy atom. The summed E-state index contributed by atoms with van der Waals surface area (Å²) in [4.78, 5) is 63.4. The fourth-order valence-corrected chi connectivity index (χ4v) is 3.81. The second-order valence-corrected chi connectivity index (χ2v) is 8.52. The molecule has 0 saturated carbocycles. The molecule has 0 unspecified atom stereocenters. The standard InChI is InChI=1S/C27H25FN6O9/c1-4-40-24-22(26(36)42-6-3)31-19-10-16(21(34(38)39)11-20(19)32-24)23-29-12-15(30-23)13-43-27(37)33-18-9-14(7-8-17(18)28)25(35)41-5-2/h7-12H,4-6,13H2,1-3H3,(H,29,30)(H,33,37). The van der Waals surface area contributed by atoms with Gasteiger partial charge in [-0.1, -0.05) is 0 Å². The highest BCUT2D eigenvalue weighted by atomic mass is 19.1. The molecule has 0 aliphatic carbocycles. The molecule has 2 heterocycles. The van der Waals surface area contributed by atoms with E-state index < -0.39 is 28.8 Å². The third kappa shape index (κ3) is 6.98. The molecule has 0 aliphatic rings. The van der Waals surface area contributed by atoms with Gasteiger partial charge < -0.3 is 23.9 Å². The molecule has 2 aromatic carbocycles. The number of fused-ring (bicyclic) bond motifs is 1. The van der Waals surface area contributed by atoms with Gasteiger partial charge in [-0.15, -0.1) is 0 Å². The Morgan fingerprint density at radius 3 is 2.40 bits per heavy atom. The Labute approximate surface area is 242 Å². The average molecular weight is 597 g/mol. The maximum absolute atomic E-state index is 14.2. The molecular formula is C27H25FN6O9. The van der Waals surface area contributed by atoms with Crippen molar-refractivity contribution in [1.29, 1.82) is 0 Å². The minimum absolute atomic E-state index is 0.0133. The maximum Gasteiger partial charge on any atom is 0.412 e. The van der Waals surface area contributed by atoms with Gasteiger partial charge in [0.1, 0.15) is 18.2 Å². The van der Waals surface area contributed by atoms with Crippen molar-refractivity contribution in [3.63, 3.8) is 0 Å². The number of esters is 2. The van der Waals surface area contributed by atoms with E-state index in [1.54, 1.807) is 20.8 Å². The molecule has 43 heavy (non-hydrogen) atoms. The van der Waals surface area contributed by atoms with Gasteiger partial charge in [0.2, 0.25) is 11.6 Å². The lowest BCUT2D eigenvalue weighted by Gasteiger charge is -2.10. The number of nitrogens with one attached hydrogen (secondary N) is 2. The average Bonchev–Trinajstić information content (AvgIpc) is 3.45. The van der Waals surface area contributed by atoms with E-state index in [0.717, 1.165) is 12.1 Å². The van der Waals surface area contributed by atoms with Gasteiger partial charge in [-0.2, -0.15) is 0 Å². The van der Waals surface area contributed by atoms with Crippen LogP contribution in [-0.2, 0) is 20.8 Å². The van der Waals surface area contributed by atoms with E-state index in [4.69, 9.17) is 18.9 Å². The van der Waals surface area contributed by atoms with Crippen molar-refractivity contribution < 1.29 is 42.6 Å². The van der Waals surface area contributed by atoms with E-state index in [9.17, 15) is 28.9 Å². The van der Waals surface area contributed by atoms with E-state index in [0.29, 0.717) is 0 Å². The van der Waals surface area contributed by atoms with Crippen LogP contribution in [0.15, 0.2) is 36.5 Å². The largest absolute Gasteiger partial charge is 0.476 e. The number of nitrogens with zero attached hydrogens (tertiary/aromatic N) is 4. The molecule has 224 valence electrons. The van der Waals surface area contributed by atoms with Crippen LogP contribution in [0.1, 0.15) is 47.3 Å². The van der Waals surface area contributed by atoms with Gasteiger partial charge in [-0.05, 0) is 45.0 Å². The molecule has 0 spiro atoms. The van der Waals surface area contributed by atoms with Gasteiger partial charge in [0.15, 0.2) is 0 Å². The number of carbonyl (C=O) groups is 3. The second-order valence-electron chi connectivity index (χ2n) is 8.52. The van der Waals surface area contributed by atoms with Crippen LogP contribution in [0.4, 0.5) is 20.6 Å². The number of H-pyrrole nitrogens is 1. The number of ether oxygens (including phenoxy) is 4. The first-order chi connectivity index (χ1) is 20.6. The molecule has 16 heteroatoms. The quantitative estimate of drug-likeness (QED) is 0.106. The zero-order chi connectivity index (χ0) is 31.1. The topological polar surface area (TPSA) is 198 Å². The number of rotatable bonds is 11. The predicted octanol–water partition coefficient (Wildman–Crippen LogP) is 4.57. The van der Waals surface area contributed by atoms with E-state index in [-0.39, 0.29) is 83.1 Å². The van der Waals surface area contributed by atoms with Crippen LogP contribution in [-0.4, -0.2) is 62.7 Å². The summed E-state index contributed by atoms with van der Waals surface area (Å²) >= 11 is 0. The van der Waals surface area contributed by atoms with E-state index >= 15 is 0 Å². The highest BCUT2D eigenvalue weighted by molar-refractivity contribution is 5.94. The first-order valence-corrected chi connectivity index (χ1v) is 12.9. The van der Waals surface area contributed by atoms with Crippen molar-refractivity contribution in [1.82, 2.24) is 19.9 Å². The van der Waals surface area contributed by atoms with Gasteiger partial charge in [0, 0.05) is 6.07 Å². The fourth-order valence-electron chi connectivity index (χ4n) is 3.81. The van der Waals surface area contributed by atoms with Crippen molar-refractivity contribution in [3.05, 3.63) is 69.4 Å². The van der Waals surface area contributed by atoms with Crippen molar-refractivity contribution in [2.24, 2.45) is 0 Å². The molecule has 2 N–H and O–H groups in total. The summed E-state index contributed by atoms with van der Waals surface area (Å²) in [7, 11) is 0. The minimum Gasteiger partial charge on any atom is -0.476 e. The summed E-state index contributed by atoms with van der Waals surface area (Å²) in [6.07, 6.45) is 0.242.